The zero-order valence-electron chi connectivity index (χ0n) is 11.4. The molecule has 0 saturated carbocycles. The third-order valence-corrected chi connectivity index (χ3v) is 6.87. The van der Waals surface area contributed by atoms with E-state index in [0.29, 0.717) is 0 Å². The van der Waals surface area contributed by atoms with Crippen LogP contribution in [0.2, 0.25) is 0 Å². The highest BCUT2D eigenvalue weighted by molar-refractivity contribution is 8.37. The van der Waals surface area contributed by atoms with Crippen molar-refractivity contribution < 1.29 is 5.11 Å². The van der Waals surface area contributed by atoms with Crippen molar-refractivity contribution in [2.24, 2.45) is 0 Å². The number of hydrogen-bond acceptors (Lipinski definition) is 2. The number of hydrogen-bond donors (Lipinski definition) is 1. The number of nitrogens with zero attached hydrogens (tertiary/aromatic N) is 2. The molecule has 3 rings (SSSR count). The van der Waals surface area contributed by atoms with Crippen LogP contribution in [0.4, 0.5) is 0 Å². The van der Waals surface area contributed by atoms with Gasteiger partial charge in [0.15, 0.2) is 0 Å². The molecule has 0 saturated heterocycles. The summed E-state index contributed by atoms with van der Waals surface area (Å²) in [6, 6.07) is 10.3. The van der Waals surface area contributed by atoms with Gasteiger partial charge in [-0.05, 0) is 34.4 Å². The number of allylic oxidation sites excluding steroid dienone is 2. The molecule has 104 valence electrons. The molecule has 0 fully saturated rings. The summed E-state index contributed by atoms with van der Waals surface area (Å²) in [5.41, 5.74) is 1.96. The normalized spacial score (nSPS) is 26.0. The number of aliphatic hydroxyl groups excluding tert-OH is 1. The summed E-state index contributed by atoms with van der Waals surface area (Å²) >= 11 is 0. The van der Waals surface area contributed by atoms with E-state index in [-0.39, 0.29) is 0 Å². The van der Waals surface area contributed by atoms with Crippen LogP contribution in [0.15, 0.2) is 65.9 Å². The summed E-state index contributed by atoms with van der Waals surface area (Å²) in [5.74, 6) is 0. The molecule has 1 aliphatic heterocycles. The lowest BCUT2D eigenvalue weighted by molar-refractivity contribution is 0.255. The first kappa shape index (κ1) is 13.2. The Bertz CT molecular complexity index is 634. The number of benzene rings is 1. The molecule has 4 heteroatoms. The van der Waals surface area contributed by atoms with Crippen LogP contribution in [-0.4, -0.2) is 19.5 Å². The Hall–Kier alpha value is -1.78. The SMILES string of the molecule is CCC(O)S1(n2ccnc2)C=CC(c2ccccc2)=C1. The lowest BCUT2D eigenvalue weighted by Crippen LogP contribution is -2.18. The second-order valence-corrected chi connectivity index (χ2v) is 7.67. The minimum Gasteiger partial charge on any atom is -0.382 e. The van der Waals surface area contributed by atoms with Gasteiger partial charge in [-0.25, -0.2) is 4.98 Å². The number of imidazole rings is 1. The number of aliphatic hydroxyl groups is 1. The highest BCUT2D eigenvalue weighted by Gasteiger charge is 2.32. The summed E-state index contributed by atoms with van der Waals surface area (Å²) in [6.45, 7) is 2.01. The molecule has 2 aromatic rings. The topological polar surface area (TPSA) is 38.0 Å². The fourth-order valence-corrected chi connectivity index (χ4v) is 5.36. The van der Waals surface area contributed by atoms with E-state index >= 15 is 0 Å². The van der Waals surface area contributed by atoms with Crippen LogP contribution in [0.25, 0.3) is 5.57 Å². The van der Waals surface area contributed by atoms with E-state index in [1.807, 2.05) is 35.3 Å². The summed E-state index contributed by atoms with van der Waals surface area (Å²) in [5, 5.41) is 14.9. The first-order chi connectivity index (χ1) is 9.76. The average Bonchev–Trinajstić information content (AvgIpc) is 3.17. The van der Waals surface area contributed by atoms with E-state index in [4.69, 9.17) is 0 Å². The van der Waals surface area contributed by atoms with Gasteiger partial charge in [0.1, 0.15) is 11.8 Å². The molecule has 1 aromatic heterocycles. The van der Waals surface area contributed by atoms with Crippen molar-refractivity contribution in [2.45, 2.75) is 18.8 Å². The first-order valence-electron chi connectivity index (χ1n) is 6.70. The standard InChI is InChI=1S/C16H18N2OS/c1-2-16(19)20(18-10-9-17-13-18)11-8-15(12-20)14-6-4-3-5-7-14/h3-13,16,19H,2H2,1H3. The molecule has 3 nitrogen and oxygen atoms in total. The lowest BCUT2D eigenvalue weighted by atomic mass is 10.1. The average molecular weight is 286 g/mol. The van der Waals surface area contributed by atoms with Gasteiger partial charge in [0.2, 0.25) is 0 Å². The third kappa shape index (κ3) is 2.11. The van der Waals surface area contributed by atoms with Gasteiger partial charge in [-0.3, -0.25) is 3.97 Å². The Morgan fingerprint density at radius 2 is 2.10 bits per heavy atom. The van der Waals surface area contributed by atoms with Crippen LogP contribution in [-0.2, 0) is 0 Å². The van der Waals surface area contributed by atoms with Gasteiger partial charge in [0.05, 0.1) is 0 Å². The predicted octanol–water partition coefficient (Wildman–Crippen LogP) is 3.75. The Morgan fingerprint density at radius 3 is 2.75 bits per heavy atom. The molecule has 20 heavy (non-hydrogen) atoms. The molecule has 2 unspecified atom stereocenters. The minimum absolute atomic E-state index is 0.394. The zero-order valence-corrected chi connectivity index (χ0v) is 12.2. The molecule has 0 aliphatic carbocycles. The van der Waals surface area contributed by atoms with Gasteiger partial charge in [0, 0.05) is 12.4 Å². The van der Waals surface area contributed by atoms with Crippen molar-refractivity contribution in [3.05, 3.63) is 71.5 Å². The number of rotatable bonds is 4. The summed E-state index contributed by atoms with van der Waals surface area (Å²) in [6.07, 6.45) is 8.32. The molecular weight excluding hydrogens is 268 g/mol. The van der Waals surface area contributed by atoms with E-state index in [0.717, 1.165) is 6.42 Å². The lowest BCUT2D eigenvalue weighted by Gasteiger charge is -2.37. The van der Waals surface area contributed by atoms with Crippen LogP contribution in [0.3, 0.4) is 0 Å². The molecule has 0 radical (unpaired) electrons. The largest absolute Gasteiger partial charge is 0.382 e. The Balaban J connectivity index is 2.07. The monoisotopic (exact) mass is 286 g/mol. The molecule has 1 aromatic carbocycles. The molecule has 1 N–H and O–H groups in total. The third-order valence-electron chi connectivity index (χ3n) is 3.52. The van der Waals surface area contributed by atoms with E-state index in [1.54, 1.807) is 12.5 Å². The summed E-state index contributed by atoms with van der Waals surface area (Å²) < 4.78 is 2.05. The maximum atomic E-state index is 10.5. The van der Waals surface area contributed by atoms with Gasteiger partial charge in [-0.15, -0.1) is 0 Å². The van der Waals surface area contributed by atoms with Crippen molar-refractivity contribution in [3.63, 3.8) is 0 Å². The van der Waals surface area contributed by atoms with Crippen LogP contribution in [0.5, 0.6) is 0 Å². The summed E-state index contributed by atoms with van der Waals surface area (Å²) in [4.78, 5) is 4.14. The van der Waals surface area contributed by atoms with Crippen molar-refractivity contribution in [3.8, 4) is 0 Å². The van der Waals surface area contributed by atoms with E-state index in [1.165, 1.54) is 11.1 Å². The first-order valence-corrected chi connectivity index (χ1v) is 8.48. The van der Waals surface area contributed by atoms with Gasteiger partial charge in [0.25, 0.3) is 0 Å². The van der Waals surface area contributed by atoms with E-state index < -0.39 is 15.7 Å². The quantitative estimate of drug-likeness (QED) is 0.929. The second-order valence-electron chi connectivity index (χ2n) is 4.75. The highest BCUT2D eigenvalue weighted by atomic mass is 32.3. The van der Waals surface area contributed by atoms with Crippen molar-refractivity contribution in [1.82, 2.24) is 8.96 Å². The smallest absolute Gasteiger partial charge is 0.106 e. The van der Waals surface area contributed by atoms with Gasteiger partial charge in [-0.2, -0.15) is 0 Å². The van der Waals surface area contributed by atoms with E-state index in [9.17, 15) is 5.11 Å². The second kappa shape index (κ2) is 5.31. The predicted molar refractivity (Wildman–Crippen MR) is 85.1 cm³/mol. The zero-order chi connectivity index (χ0) is 14.0. The van der Waals surface area contributed by atoms with Crippen LogP contribution >= 0.6 is 10.2 Å². The van der Waals surface area contributed by atoms with Crippen LogP contribution in [0.1, 0.15) is 18.9 Å². The van der Waals surface area contributed by atoms with E-state index in [2.05, 4.69) is 34.0 Å². The highest BCUT2D eigenvalue weighted by Crippen LogP contribution is 2.61. The van der Waals surface area contributed by atoms with Crippen LogP contribution in [0, 0.1) is 0 Å². The Kier molecular flexibility index (Phi) is 3.51. The van der Waals surface area contributed by atoms with Crippen molar-refractivity contribution in [1.29, 1.82) is 0 Å². The van der Waals surface area contributed by atoms with Gasteiger partial charge < -0.3 is 5.11 Å². The molecule has 0 spiro atoms. The number of aromatic nitrogens is 2. The summed E-state index contributed by atoms with van der Waals surface area (Å²) in [7, 11) is -1.56. The molecule has 2 atom stereocenters. The molecule has 1 aliphatic rings. The molecule has 2 heterocycles. The molecular formula is C16H18N2OS. The maximum absolute atomic E-state index is 10.5. The maximum Gasteiger partial charge on any atom is 0.106 e. The van der Waals surface area contributed by atoms with Crippen molar-refractivity contribution >= 4 is 15.8 Å². The van der Waals surface area contributed by atoms with Gasteiger partial charge >= 0.3 is 0 Å². The van der Waals surface area contributed by atoms with Gasteiger partial charge in [-0.1, -0.05) is 47.5 Å². The van der Waals surface area contributed by atoms with Crippen LogP contribution < -0.4 is 0 Å². The molecule has 0 amide bonds. The minimum atomic E-state index is -1.56. The van der Waals surface area contributed by atoms with Crippen molar-refractivity contribution in [2.75, 3.05) is 0 Å². The fraction of sp³-hybridized carbons (Fsp3) is 0.188. The Morgan fingerprint density at radius 1 is 1.30 bits per heavy atom. The fourth-order valence-electron chi connectivity index (χ4n) is 2.40. The molecule has 0 bridgehead atoms. The Labute approximate surface area is 120 Å².